The number of carbonyl (C=O) groups excluding carboxylic acids is 2. The van der Waals surface area contributed by atoms with Crippen LogP contribution in [0.1, 0.15) is 22.3 Å². The average molecular weight is 345 g/mol. The van der Waals surface area contributed by atoms with Gasteiger partial charge < -0.3 is 15.1 Å². The standard InChI is InChI=1S/C18H23N3O2S/c1-20(2)16-6-4-14(5-7-16)12-21(3)17(22)8-10-19-18(23)15-9-11-24-13-15/h4-7,9,11,13H,8,10,12H2,1-3H3,(H,19,23). The first kappa shape index (κ1) is 18.0. The minimum Gasteiger partial charge on any atom is -0.378 e. The Bertz CT molecular complexity index is 666. The molecule has 2 rings (SSSR count). The van der Waals surface area contributed by atoms with Gasteiger partial charge in [0.25, 0.3) is 5.91 Å². The van der Waals surface area contributed by atoms with Crippen LogP contribution in [-0.2, 0) is 11.3 Å². The topological polar surface area (TPSA) is 52.6 Å². The Hall–Kier alpha value is -2.34. The summed E-state index contributed by atoms with van der Waals surface area (Å²) in [6.45, 7) is 0.905. The lowest BCUT2D eigenvalue weighted by molar-refractivity contribution is -0.130. The van der Waals surface area contributed by atoms with E-state index in [2.05, 4.69) is 5.32 Å². The predicted octanol–water partition coefficient (Wildman–Crippen LogP) is 2.59. The van der Waals surface area contributed by atoms with Gasteiger partial charge in [-0.25, -0.2) is 0 Å². The maximum absolute atomic E-state index is 12.2. The molecule has 0 spiro atoms. The van der Waals surface area contributed by atoms with Gasteiger partial charge in [0.1, 0.15) is 0 Å². The van der Waals surface area contributed by atoms with Crippen LogP contribution in [0.25, 0.3) is 0 Å². The Morgan fingerprint density at radius 2 is 1.79 bits per heavy atom. The van der Waals surface area contributed by atoms with E-state index in [1.165, 1.54) is 11.3 Å². The molecule has 1 aromatic carbocycles. The Balaban J connectivity index is 1.76. The van der Waals surface area contributed by atoms with E-state index in [1.807, 2.05) is 48.6 Å². The highest BCUT2D eigenvalue weighted by Gasteiger charge is 2.11. The Morgan fingerprint density at radius 1 is 1.08 bits per heavy atom. The minimum atomic E-state index is -0.133. The molecule has 0 aliphatic carbocycles. The smallest absolute Gasteiger partial charge is 0.252 e. The first-order valence-electron chi connectivity index (χ1n) is 7.78. The second-order valence-electron chi connectivity index (χ2n) is 5.83. The van der Waals surface area contributed by atoms with Crippen molar-refractivity contribution < 1.29 is 9.59 Å². The van der Waals surface area contributed by atoms with Crippen molar-refractivity contribution in [1.29, 1.82) is 0 Å². The normalized spacial score (nSPS) is 10.3. The molecule has 1 heterocycles. The van der Waals surface area contributed by atoms with Gasteiger partial charge in [0.05, 0.1) is 0 Å². The van der Waals surface area contributed by atoms with Crippen LogP contribution in [0.2, 0.25) is 0 Å². The van der Waals surface area contributed by atoms with E-state index in [-0.39, 0.29) is 11.8 Å². The van der Waals surface area contributed by atoms with Gasteiger partial charge in [-0.05, 0) is 29.1 Å². The van der Waals surface area contributed by atoms with Crippen molar-refractivity contribution in [3.8, 4) is 0 Å². The fraction of sp³-hybridized carbons (Fsp3) is 0.333. The van der Waals surface area contributed by atoms with E-state index in [0.29, 0.717) is 25.1 Å². The molecule has 0 saturated carbocycles. The van der Waals surface area contributed by atoms with Gasteiger partial charge in [-0.1, -0.05) is 12.1 Å². The van der Waals surface area contributed by atoms with Crippen LogP contribution in [0, 0.1) is 0 Å². The molecule has 0 saturated heterocycles. The number of nitrogens with one attached hydrogen (secondary N) is 1. The van der Waals surface area contributed by atoms with Gasteiger partial charge in [0.2, 0.25) is 5.91 Å². The summed E-state index contributed by atoms with van der Waals surface area (Å²) in [6.07, 6.45) is 0.294. The number of anilines is 1. The van der Waals surface area contributed by atoms with Crippen molar-refractivity contribution in [2.24, 2.45) is 0 Å². The minimum absolute atomic E-state index is 0.0114. The SMILES string of the molecule is CN(Cc1ccc(N(C)C)cc1)C(=O)CCNC(=O)c1ccsc1. The van der Waals surface area contributed by atoms with Gasteiger partial charge in [-0.2, -0.15) is 11.3 Å². The van der Waals surface area contributed by atoms with E-state index < -0.39 is 0 Å². The summed E-state index contributed by atoms with van der Waals surface area (Å²) in [6, 6.07) is 9.89. The third-order valence-corrected chi connectivity index (χ3v) is 4.39. The summed E-state index contributed by atoms with van der Waals surface area (Å²) < 4.78 is 0. The zero-order valence-corrected chi connectivity index (χ0v) is 15.1. The number of benzene rings is 1. The molecule has 128 valence electrons. The van der Waals surface area contributed by atoms with Crippen LogP contribution in [0.4, 0.5) is 5.69 Å². The van der Waals surface area contributed by atoms with Gasteiger partial charge in [-0.3, -0.25) is 9.59 Å². The van der Waals surface area contributed by atoms with Gasteiger partial charge >= 0.3 is 0 Å². The lowest BCUT2D eigenvalue weighted by Crippen LogP contribution is -2.31. The van der Waals surface area contributed by atoms with Crippen molar-refractivity contribution in [3.63, 3.8) is 0 Å². The fourth-order valence-electron chi connectivity index (χ4n) is 2.23. The first-order valence-corrected chi connectivity index (χ1v) is 8.72. The molecule has 0 unspecified atom stereocenters. The quantitative estimate of drug-likeness (QED) is 0.839. The Kier molecular flexibility index (Phi) is 6.37. The molecule has 0 aliphatic heterocycles. The first-order chi connectivity index (χ1) is 11.5. The number of rotatable bonds is 7. The Morgan fingerprint density at radius 3 is 2.38 bits per heavy atom. The molecule has 5 nitrogen and oxygen atoms in total. The molecule has 2 amide bonds. The number of hydrogen-bond donors (Lipinski definition) is 1. The maximum Gasteiger partial charge on any atom is 0.252 e. The van der Waals surface area contributed by atoms with Crippen LogP contribution in [0.3, 0.4) is 0 Å². The summed E-state index contributed by atoms with van der Waals surface area (Å²) in [4.78, 5) is 27.7. The summed E-state index contributed by atoms with van der Waals surface area (Å²) in [5, 5.41) is 6.42. The molecule has 1 aromatic heterocycles. The molecule has 0 bridgehead atoms. The second-order valence-corrected chi connectivity index (χ2v) is 6.61. The molecule has 6 heteroatoms. The van der Waals surface area contributed by atoms with Crippen molar-refractivity contribution >= 4 is 28.8 Å². The van der Waals surface area contributed by atoms with E-state index in [0.717, 1.165) is 11.3 Å². The summed E-state index contributed by atoms with van der Waals surface area (Å²) >= 11 is 1.48. The van der Waals surface area contributed by atoms with Crippen molar-refractivity contribution in [2.45, 2.75) is 13.0 Å². The molecule has 2 aromatic rings. The molecule has 24 heavy (non-hydrogen) atoms. The summed E-state index contributed by atoms with van der Waals surface area (Å²) in [7, 11) is 5.77. The second kappa shape index (κ2) is 8.49. The largest absolute Gasteiger partial charge is 0.378 e. The molecule has 0 fully saturated rings. The predicted molar refractivity (Wildman–Crippen MR) is 98.5 cm³/mol. The van der Waals surface area contributed by atoms with Crippen LogP contribution < -0.4 is 10.2 Å². The molecule has 1 N–H and O–H groups in total. The van der Waals surface area contributed by atoms with E-state index in [1.54, 1.807) is 23.4 Å². The van der Waals surface area contributed by atoms with Crippen molar-refractivity contribution in [1.82, 2.24) is 10.2 Å². The zero-order chi connectivity index (χ0) is 17.5. The van der Waals surface area contributed by atoms with Crippen molar-refractivity contribution in [3.05, 3.63) is 52.2 Å². The number of carbonyl (C=O) groups is 2. The summed E-state index contributed by atoms with van der Waals surface area (Å²) in [5.41, 5.74) is 2.85. The maximum atomic E-state index is 12.2. The number of hydrogen-bond acceptors (Lipinski definition) is 4. The van der Waals surface area contributed by atoms with E-state index >= 15 is 0 Å². The molecular weight excluding hydrogens is 322 g/mol. The highest BCUT2D eigenvalue weighted by molar-refractivity contribution is 7.08. The lowest BCUT2D eigenvalue weighted by Gasteiger charge is -2.18. The third-order valence-electron chi connectivity index (χ3n) is 3.71. The zero-order valence-electron chi connectivity index (χ0n) is 14.3. The summed E-state index contributed by atoms with van der Waals surface area (Å²) in [5.74, 6) is -0.122. The lowest BCUT2D eigenvalue weighted by atomic mass is 10.2. The van der Waals surface area contributed by atoms with Gasteiger partial charge in [0, 0.05) is 57.3 Å². The van der Waals surface area contributed by atoms with Crippen molar-refractivity contribution in [2.75, 3.05) is 32.6 Å². The molecule has 0 radical (unpaired) electrons. The molecule has 0 aliphatic rings. The monoisotopic (exact) mass is 345 g/mol. The van der Waals surface area contributed by atoms with Crippen LogP contribution in [0.5, 0.6) is 0 Å². The average Bonchev–Trinajstić information content (AvgIpc) is 3.09. The van der Waals surface area contributed by atoms with E-state index in [4.69, 9.17) is 0 Å². The number of amides is 2. The molecule has 0 atom stereocenters. The van der Waals surface area contributed by atoms with Crippen LogP contribution in [0.15, 0.2) is 41.1 Å². The fourth-order valence-corrected chi connectivity index (χ4v) is 2.87. The van der Waals surface area contributed by atoms with Crippen LogP contribution in [-0.4, -0.2) is 44.4 Å². The Labute approximate surface area is 146 Å². The highest BCUT2D eigenvalue weighted by atomic mass is 32.1. The number of nitrogens with zero attached hydrogens (tertiary/aromatic N) is 2. The van der Waals surface area contributed by atoms with E-state index in [9.17, 15) is 9.59 Å². The van der Waals surface area contributed by atoms with Gasteiger partial charge in [-0.15, -0.1) is 0 Å². The molecular formula is C18H23N3O2S. The third kappa shape index (κ3) is 5.09. The van der Waals surface area contributed by atoms with Gasteiger partial charge in [0.15, 0.2) is 0 Å². The van der Waals surface area contributed by atoms with Crippen LogP contribution >= 0.6 is 11.3 Å². The highest BCUT2D eigenvalue weighted by Crippen LogP contribution is 2.13. The number of thiophene rings is 1.